The number of hydrogen-bond donors (Lipinski definition) is 0. The molecule has 0 radical (unpaired) electrons. The number of rotatable bonds is 13. The minimum absolute atomic E-state index is 0.135. The summed E-state index contributed by atoms with van der Waals surface area (Å²) in [6.07, 6.45) is -10.3. The molecule has 0 aliphatic carbocycles. The molecule has 0 aliphatic heterocycles. The predicted molar refractivity (Wildman–Crippen MR) is 159 cm³/mol. The molecule has 5 rings (SSSR count). The number of halogens is 17. The van der Waals surface area contributed by atoms with Crippen molar-refractivity contribution in [3.63, 3.8) is 0 Å². The van der Waals surface area contributed by atoms with E-state index < -0.39 is 67.1 Å². The van der Waals surface area contributed by atoms with Crippen LogP contribution in [0.3, 0.4) is 0 Å². The van der Waals surface area contributed by atoms with Crippen LogP contribution in [-0.2, 0) is 0 Å². The van der Waals surface area contributed by atoms with Crippen LogP contribution in [0.4, 0.5) is 80.3 Å². The Balaban J connectivity index is 1.24. The number of hydrogen-bond acceptors (Lipinski definition) is 2. The second-order valence-electron chi connectivity index (χ2n) is 11.9. The molecular weight excluding hydrogens is 761 g/mol. The highest BCUT2D eigenvalue weighted by Crippen LogP contribution is 2.64. The third-order valence-electron chi connectivity index (χ3n) is 8.43. The highest BCUT2D eigenvalue weighted by atomic mass is 19.4. The van der Waals surface area contributed by atoms with Gasteiger partial charge in [-0.15, -0.1) is 0 Å². The van der Waals surface area contributed by atoms with Gasteiger partial charge >= 0.3 is 47.6 Å². The monoisotopic (exact) mass is 781 g/mol. The molecule has 0 aromatic heterocycles. The summed E-state index contributed by atoms with van der Waals surface area (Å²) in [5.74, 6) is -56.6. The van der Waals surface area contributed by atoms with Crippen molar-refractivity contribution in [2.24, 2.45) is 4.99 Å². The van der Waals surface area contributed by atoms with Crippen LogP contribution in [0.5, 0.6) is 5.75 Å². The van der Waals surface area contributed by atoms with Crippen molar-refractivity contribution >= 4 is 44.2 Å². The Morgan fingerprint density at radius 3 is 1.51 bits per heavy atom. The first-order chi connectivity index (χ1) is 24.2. The van der Waals surface area contributed by atoms with E-state index in [0.717, 1.165) is 32.3 Å². The number of aliphatic imine (C=N–C) groups is 1. The van der Waals surface area contributed by atoms with Crippen molar-refractivity contribution in [2.75, 3.05) is 6.61 Å². The molecule has 0 aliphatic rings. The molecule has 19 heteroatoms. The van der Waals surface area contributed by atoms with E-state index in [0.29, 0.717) is 11.3 Å². The van der Waals surface area contributed by atoms with Crippen LogP contribution in [0.2, 0.25) is 0 Å². The van der Waals surface area contributed by atoms with Crippen molar-refractivity contribution in [1.82, 2.24) is 0 Å². The average molecular weight is 782 g/mol. The van der Waals surface area contributed by atoms with Gasteiger partial charge in [0.2, 0.25) is 0 Å². The molecular formula is C34H20F17NO. The van der Waals surface area contributed by atoms with Crippen LogP contribution >= 0.6 is 0 Å². The van der Waals surface area contributed by atoms with Gasteiger partial charge in [-0.1, -0.05) is 48.5 Å². The Labute approximate surface area is 286 Å². The minimum Gasteiger partial charge on any atom is -0.494 e. The molecule has 0 saturated carbocycles. The summed E-state index contributed by atoms with van der Waals surface area (Å²) in [4.78, 5) is 4.52. The normalized spacial score (nSPS) is 14.7. The van der Waals surface area contributed by atoms with Gasteiger partial charge in [-0.3, -0.25) is 4.99 Å². The van der Waals surface area contributed by atoms with Crippen LogP contribution in [0.1, 0.15) is 18.4 Å². The third kappa shape index (κ3) is 6.12. The van der Waals surface area contributed by atoms with Gasteiger partial charge in [-0.25, -0.2) is 0 Å². The van der Waals surface area contributed by atoms with Crippen molar-refractivity contribution in [1.29, 1.82) is 0 Å². The van der Waals surface area contributed by atoms with Crippen LogP contribution in [0.25, 0.3) is 32.3 Å². The molecule has 0 unspecified atom stereocenters. The third-order valence-corrected chi connectivity index (χ3v) is 8.43. The molecule has 0 spiro atoms. The summed E-state index contributed by atoms with van der Waals surface area (Å²) < 4.78 is 234. The molecule has 5 aromatic carbocycles. The smallest absolute Gasteiger partial charge is 0.460 e. The maximum atomic E-state index is 14.2. The molecule has 53 heavy (non-hydrogen) atoms. The highest BCUT2D eigenvalue weighted by Gasteiger charge is 2.95. The summed E-state index contributed by atoms with van der Waals surface area (Å²) in [5.41, 5.74) is 1.07. The fraction of sp³-hybridized carbons (Fsp3) is 0.324. The number of ether oxygens (including phenoxy) is 1. The Morgan fingerprint density at radius 2 is 0.962 bits per heavy atom. The summed E-state index contributed by atoms with van der Waals surface area (Å²) >= 11 is 0. The first-order valence-electron chi connectivity index (χ1n) is 14.9. The van der Waals surface area contributed by atoms with E-state index in [2.05, 4.69) is 4.99 Å². The Hall–Kier alpha value is -4.58. The van der Waals surface area contributed by atoms with Gasteiger partial charge in [0.15, 0.2) is 0 Å². The van der Waals surface area contributed by atoms with Crippen LogP contribution in [0, 0.1) is 0 Å². The topological polar surface area (TPSA) is 21.6 Å². The predicted octanol–water partition coefficient (Wildman–Crippen LogP) is 12.5. The molecule has 0 fully saturated rings. The van der Waals surface area contributed by atoms with Crippen LogP contribution in [0.15, 0.2) is 83.9 Å². The maximum absolute atomic E-state index is 14.2. The lowest BCUT2D eigenvalue weighted by atomic mass is 9.88. The van der Waals surface area contributed by atoms with Gasteiger partial charge in [-0.2, -0.15) is 74.6 Å². The van der Waals surface area contributed by atoms with Crippen molar-refractivity contribution < 1.29 is 79.4 Å². The lowest BCUT2D eigenvalue weighted by Gasteiger charge is -2.42. The fourth-order valence-corrected chi connectivity index (χ4v) is 5.46. The molecule has 0 atom stereocenters. The second kappa shape index (κ2) is 12.8. The zero-order valence-electron chi connectivity index (χ0n) is 26.0. The Kier molecular flexibility index (Phi) is 9.55. The van der Waals surface area contributed by atoms with Gasteiger partial charge in [-0.05, 0) is 69.2 Å². The van der Waals surface area contributed by atoms with Gasteiger partial charge < -0.3 is 4.74 Å². The van der Waals surface area contributed by atoms with E-state index in [-0.39, 0.29) is 5.75 Å². The van der Waals surface area contributed by atoms with Gasteiger partial charge in [0.25, 0.3) is 0 Å². The summed E-state index contributed by atoms with van der Waals surface area (Å²) in [6.45, 7) is -1.03. The first-order valence-corrected chi connectivity index (χ1v) is 14.9. The lowest BCUT2D eigenvalue weighted by molar-refractivity contribution is -0.461. The zero-order chi connectivity index (χ0) is 39.6. The molecule has 286 valence electrons. The van der Waals surface area contributed by atoms with Gasteiger partial charge in [0, 0.05) is 18.0 Å². The number of benzene rings is 5. The molecule has 0 heterocycles. The van der Waals surface area contributed by atoms with E-state index in [1.54, 1.807) is 6.07 Å². The van der Waals surface area contributed by atoms with Crippen molar-refractivity contribution in [3.05, 3.63) is 84.4 Å². The number of nitrogens with zero attached hydrogens (tertiary/aromatic N) is 1. The quantitative estimate of drug-likeness (QED) is 0.0505. The summed E-state index contributed by atoms with van der Waals surface area (Å²) in [7, 11) is 0. The Bertz CT molecular complexity index is 2110. The molecule has 0 N–H and O–H groups in total. The van der Waals surface area contributed by atoms with Crippen molar-refractivity contribution in [2.45, 2.75) is 60.5 Å². The lowest BCUT2D eigenvalue weighted by Crippen LogP contribution is -2.74. The molecule has 5 aromatic rings. The second-order valence-corrected chi connectivity index (χ2v) is 11.9. The highest BCUT2D eigenvalue weighted by molar-refractivity contribution is 6.25. The van der Waals surface area contributed by atoms with Crippen LogP contribution in [-0.4, -0.2) is 60.5 Å². The molecule has 0 amide bonds. The van der Waals surface area contributed by atoms with Crippen LogP contribution < -0.4 is 4.74 Å². The van der Waals surface area contributed by atoms with E-state index in [1.807, 2.05) is 48.5 Å². The standard InChI is InChI=1S/C34H20F17NO/c35-27(36,28(37,38)29(39,40)30(41,42)31(43,44)32(45,46)33(47,48)34(49,50)51)15-2-16-53-22-11-5-18(6-12-22)17-52-24-14-10-21-8-7-19-3-1-4-20-9-13-23(24)26(21)25(19)20/h1,3-14,17H,2,15-16H2. The molecule has 0 saturated heterocycles. The largest absolute Gasteiger partial charge is 0.494 e. The van der Waals surface area contributed by atoms with Gasteiger partial charge in [0.05, 0.1) is 12.3 Å². The Morgan fingerprint density at radius 1 is 0.491 bits per heavy atom. The first kappa shape index (κ1) is 39.6. The minimum atomic E-state index is -8.65. The van der Waals surface area contributed by atoms with Gasteiger partial charge in [0.1, 0.15) is 5.75 Å². The van der Waals surface area contributed by atoms with E-state index in [9.17, 15) is 74.6 Å². The van der Waals surface area contributed by atoms with E-state index >= 15 is 0 Å². The summed E-state index contributed by atoms with van der Waals surface area (Å²) in [5, 5.41) is 5.92. The fourth-order valence-electron chi connectivity index (χ4n) is 5.46. The van der Waals surface area contributed by atoms with Crippen molar-refractivity contribution in [3.8, 4) is 5.75 Å². The zero-order valence-corrected chi connectivity index (χ0v) is 26.0. The van der Waals surface area contributed by atoms with E-state index in [4.69, 9.17) is 4.74 Å². The maximum Gasteiger partial charge on any atom is 0.460 e. The average Bonchev–Trinajstić information content (AvgIpc) is 3.08. The summed E-state index contributed by atoms with van der Waals surface area (Å²) in [6, 6.07) is 22.6. The van der Waals surface area contributed by atoms with E-state index in [1.165, 1.54) is 30.5 Å². The molecule has 2 nitrogen and oxygen atoms in total. The molecule has 0 bridgehead atoms. The SMILES string of the molecule is FC(F)(F)C(F)(F)C(F)(F)C(F)(F)C(F)(F)C(F)(F)C(F)(F)C(F)(F)CCCOc1ccc(C=Nc2ccc3ccc4cccc5ccc2c3c45)cc1. The number of alkyl halides is 17.